The lowest BCUT2D eigenvalue weighted by Gasteiger charge is -2.42. The number of nitrogens with two attached hydrogens (primary N) is 1. The fraction of sp³-hybridized carbons (Fsp3) is 0.566. The monoisotopic (exact) mass is 1510 g/mol. The summed E-state index contributed by atoms with van der Waals surface area (Å²) in [7, 11) is 7.22. The molecule has 22 nitrogen and oxygen atoms in total. The number of alkyl carbamates (subject to hydrolysis) is 2. The minimum Gasteiger partial charge on any atom is -0.542 e. The van der Waals surface area contributed by atoms with Crippen LogP contribution in [-0.4, -0.2) is 185 Å². The van der Waals surface area contributed by atoms with Crippen molar-refractivity contribution in [1.82, 2.24) is 25.3 Å². The van der Waals surface area contributed by atoms with Crippen LogP contribution in [0.4, 0.5) is 34.1 Å². The number of fused-ring (bicyclic) bond motifs is 2. The molecule has 4 aliphatic rings. The number of carbonyl (C=O) groups is 6. The number of carbonyl (C=O) groups excluding carboxylic acids is 6. The summed E-state index contributed by atoms with van der Waals surface area (Å²) in [6, 6.07) is 30.3. The normalized spacial score (nSPS) is 15.8. The predicted molar refractivity (Wildman–Crippen MR) is 414 cm³/mol. The average molecular weight is 1510 g/mol. The summed E-state index contributed by atoms with van der Waals surface area (Å²) >= 11 is 0. The number of carboxylic acid groups (broad SMARTS) is 1. The molecule has 2 saturated heterocycles. The second kappa shape index (κ2) is 39.5. The number of rotatable bonds is 25. The van der Waals surface area contributed by atoms with Crippen LogP contribution in [0.2, 0.25) is 0 Å². The molecule has 0 spiro atoms. The predicted octanol–water partition coefficient (Wildman–Crippen LogP) is 13.6. The van der Waals surface area contributed by atoms with Crippen LogP contribution < -0.4 is 45.5 Å². The van der Waals surface area contributed by atoms with Crippen molar-refractivity contribution >= 4 is 47.3 Å². The Morgan fingerprint density at radius 1 is 0.546 bits per heavy atom. The van der Waals surface area contributed by atoms with Gasteiger partial charge >= 0.3 is 24.3 Å². The fourth-order valence-corrected chi connectivity index (χ4v) is 13.5. The number of esters is 1. The Morgan fingerprint density at radius 3 is 1.42 bits per heavy atom. The van der Waals surface area contributed by atoms with Gasteiger partial charge in [0.2, 0.25) is 0 Å². The molecule has 25 heteroatoms. The van der Waals surface area contributed by atoms with E-state index in [4.69, 9.17) is 44.1 Å². The highest BCUT2D eigenvalue weighted by molar-refractivity contribution is 6.01. The number of anilines is 2. The van der Waals surface area contributed by atoms with Crippen LogP contribution in [0, 0.1) is 20.8 Å². The van der Waals surface area contributed by atoms with Crippen molar-refractivity contribution in [2.45, 2.75) is 202 Å². The highest BCUT2D eigenvalue weighted by Gasteiger charge is 2.39. The lowest BCUT2D eigenvalue weighted by Crippen LogP contribution is -2.57. The zero-order chi connectivity index (χ0) is 80.1. The number of amides is 4. The van der Waals surface area contributed by atoms with Gasteiger partial charge in [-0.15, -0.1) is 0 Å². The van der Waals surface area contributed by atoms with E-state index in [1.807, 2.05) is 128 Å². The standard InChI is InChI=1S/C32H46N4O5.C31H44N4O4.C18H29NO2.C2HF3O2/c1-8-36(5)19-17-34(18-20-36)27-12-9-11-24-25(27)22-35(30(24)37)26(13-10-16-33-31(38)41-32(2,3)4)23-14-15-28(39-6)29(21-23)40-7;1-7-33-16-18-34(19-17-33)27-11-8-10-24-25(27)21-35(29(24)36)26(23-13-14-28(38-6)22(2)20-23)12-9-15-32-30(37)39-31(3,4)5;1-13-10-11-15(12-14(13)2)16(19)8-6-7-9-17(20)21-18(3,4)5;3-2(4,5)1(6)7/h9,11-12,14-15,21,26H,8,10,13,16-20,22H2,1-7H3;8,10-11,13-14,20,26H,7,9,12,15-19,21H2,1-6H3,(H,32,37);10-12,16H,6-9,19H2,1-5H3;(H,6,7)/t2*26-;16-;/m111./s1. The Morgan fingerprint density at radius 2 is 0.991 bits per heavy atom. The lowest BCUT2D eigenvalue weighted by atomic mass is 9.98. The first-order valence-corrected chi connectivity index (χ1v) is 37.8. The minimum absolute atomic E-state index is 0.0351. The number of hydrogen-bond acceptors (Lipinski definition) is 17. The summed E-state index contributed by atoms with van der Waals surface area (Å²) in [5, 5.41) is 14.5. The third kappa shape index (κ3) is 26.2. The molecule has 0 unspecified atom stereocenters. The van der Waals surface area contributed by atoms with Gasteiger partial charge in [-0.3, -0.25) is 14.4 Å². The van der Waals surface area contributed by atoms with Crippen LogP contribution in [0.1, 0.15) is 211 Å². The van der Waals surface area contributed by atoms with E-state index < -0.39 is 41.1 Å². The van der Waals surface area contributed by atoms with E-state index in [9.17, 15) is 37.1 Å². The van der Waals surface area contributed by atoms with E-state index in [0.29, 0.717) is 69.8 Å². The van der Waals surface area contributed by atoms with Crippen LogP contribution >= 0.6 is 0 Å². The Balaban J connectivity index is 0.000000253. The number of likely N-dealkylation sites (N-methyl/N-ethyl adjacent to an activating group) is 2. The number of halogens is 3. The lowest BCUT2D eigenvalue weighted by molar-refractivity contribution is -0.908. The van der Waals surface area contributed by atoms with Gasteiger partial charge in [0, 0.05) is 98.4 Å². The number of aliphatic carboxylic acids is 1. The molecule has 0 bridgehead atoms. The van der Waals surface area contributed by atoms with Crippen LogP contribution in [0.5, 0.6) is 17.2 Å². The van der Waals surface area contributed by atoms with E-state index >= 15 is 0 Å². The van der Waals surface area contributed by atoms with Gasteiger partial charge in [-0.25, -0.2) is 9.59 Å². The molecule has 5 aromatic carbocycles. The van der Waals surface area contributed by atoms with Gasteiger partial charge in [0.1, 0.15) is 28.5 Å². The van der Waals surface area contributed by atoms with E-state index in [0.717, 1.165) is 134 Å². The number of benzene rings is 5. The topological polar surface area (TPSA) is 247 Å². The Hall–Kier alpha value is -8.81. The second-order valence-electron chi connectivity index (χ2n) is 31.3. The van der Waals surface area contributed by atoms with Gasteiger partial charge in [0.15, 0.2) is 11.5 Å². The first-order valence-electron chi connectivity index (χ1n) is 37.8. The number of aryl methyl sites for hydroxylation is 3. The zero-order valence-electron chi connectivity index (χ0n) is 67.2. The maximum Gasteiger partial charge on any atom is 0.430 e. The number of ether oxygens (including phenoxy) is 6. The number of nitrogens with zero attached hydrogens (tertiary/aromatic N) is 6. The van der Waals surface area contributed by atoms with Crippen molar-refractivity contribution in [3.63, 3.8) is 0 Å². The first-order chi connectivity index (χ1) is 50.7. The molecule has 4 aliphatic heterocycles. The second-order valence-corrected chi connectivity index (χ2v) is 31.3. The SMILES string of the molecule is CCN1CCN(c2cccc3c2CN([C@H](CCCNC(=O)OC(C)(C)C)c2ccc(OC)c(C)c2)C3=O)CC1.CC[N+]1(C)CCN(c2cccc3c2CN([C@H](CCCNC(=O)OC(C)(C)C)c2ccc(OC)c(OC)c2)C3=O)CC1.Cc1ccc([C@H](N)CCCCC(=O)OC(C)(C)C)cc1C.O=C([O-])C(F)(F)F. The maximum atomic E-state index is 13.9. The number of unbranched alkanes of at least 4 members (excludes halogenated alkanes) is 1. The molecule has 5 aromatic rings. The Labute approximate surface area is 638 Å². The Bertz CT molecular complexity index is 3820. The molecule has 4 heterocycles. The first kappa shape index (κ1) is 88.1. The van der Waals surface area contributed by atoms with Crippen molar-refractivity contribution in [3.8, 4) is 17.2 Å². The zero-order valence-corrected chi connectivity index (χ0v) is 67.2. The molecule has 0 saturated carbocycles. The molecule has 4 amide bonds. The van der Waals surface area contributed by atoms with Crippen LogP contribution in [0.3, 0.4) is 0 Å². The summed E-state index contributed by atoms with van der Waals surface area (Å²) in [6.45, 7) is 39.8. The molecular formula is C83H120F3N9O13. The number of quaternary nitrogens is 1. The molecular weight excluding hydrogens is 1390 g/mol. The van der Waals surface area contributed by atoms with Crippen molar-refractivity contribution in [2.24, 2.45) is 5.73 Å². The van der Waals surface area contributed by atoms with E-state index in [1.54, 1.807) is 21.3 Å². The summed E-state index contributed by atoms with van der Waals surface area (Å²) in [5.41, 5.74) is 17.7. The van der Waals surface area contributed by atoms with Crippen LogP contribution in [0.15, 0.2) is 91.0 Å². The van der Waals surface area contributed by atoms with Gasteiger partial charge in [0.05, 0.1) is 73.2 Å². The molecule has 0 radical (unpaired) electrons. The third-order valence-corrected chi connectivity index (χ3v) is 19.8. The Kier molecular flexibility index (Phi) is 32.2. The van der Waals surface area contributed by atoms with Crippen LogP contribution in [0.25, 0.3) is 0 Å². The fourth-order valence-electron chi connectivity index (χ4n) is 13.5. The number of nitrogens with one attached hydrogen (secondary N) is 2. The minimum atomic E-state index is -5.19. The smallest absolute Gasteiger partial charge is 0.430 e. The quantitative estimate of drug-likeness (QED) is 0.0213. The number of methoxy groups -OCH3 is 3. The summed E-state index contributed by atoms with van der Waals surface area (Å²) in [4.78, 5) is 83.8. The van der Waals surface area contributed by atoms with Gasteiger partial charge in [0.25, 0.3) is 11.8 Å². The van der Waals surface area contributed by atoms with Gasteiger partial charge in [-0.05, 0) is 211 Å². The highest BCUT2D eigenvalue weighted by Crippen LogP contribution is 2.43. The van der Waals surface area contributed by atoms with E-state index in [2.05, 4.69) is 103 Å². The molecule has 4 N–H and O–H groups in total. The summed E-state index contributed by atoms with van der Waals surface area (Å²) < 4.78 is 65.2. The largest absolute Gasteiger partial charge is 0.542 e. The molecule has 0 aliphatic carbocycles. The van der Waals surface area contributed by atoms with Crippen molar-refractivity contribution in [1.29, 1.82) is 0 Å². The highest BCUT2D eigenvalue weighted by atomic mass is 19.4. The molecule has 596 valence electrons. The van der Waals surface area contributed by atoms with Gasteiger partial charge in [-0.2, -0.15) is 13.2 Å². The molecule has 9 rings (SSSR count). The maximum absolute atomic E-state index is 13.9. The summed E-state index contributed by atoms with van der Waals surface area (Å²) in [5.74, 6) is -0.937. The number of alkyl halides is 3. The average Bonchev–Trinajstić information content (AvgIpc) is 1.63. The molecule has 3 atom stereocenters. The third-order valence-electron chi connectivity index (χ3n) is 19.8. The van der Waals surface area contributed by atoms with E-state index in [-0.39, 0.29) is 35.9 Å². The molecule has 108 heavy (non-hydrogen) atoms. The summed E-state index contributed by atoms with van der Waals surface area (Å²) in [6.07, 6.45) is -0.164. The van der Waals surface area contributed by atoms with Crippen molar-refractivity contribution in [2.75, 3.05) is 117 Å². The van der Waals surface area contributed by atoms with Gasteiger partial charge in [-0.1, -0.05) is 61.9 Å². The van der Waals surface area contributed by atoms with Crippen molar-refractivity contribution in [3.05, 3.63) is 147 Å². The number of hydrogen-bond donors (Lipinski definition) is 3. The molecule has 2 fully saturated rings. The molecule has 0 aromatic heterocycles. The van der Waals surface area contributed by atoms with E-state index in [1.165, 1.54) is 28.1 Å². The van der Waals surface area contributed by atoms with Crippen molar-refractivity contribution < 1.29 is 79.9 Å². The van der Waals surface area contributed by atoms with Crippen LogP contribution in [-0.2, 0) is 36.9 Å². The number of piperazine rings is 2. The van der Waals surface area contributed by atoms with Gasteiger partial charge < -0.3 is 83.7 Å². The number of carboxylic acids is 1.